The SMILES string of the molecule is CCCCOc1ccccc1[C@@H]1C(C(=O)Nc2ccccc2OC)=C(C)N=C2CCCC(=O)C21. The number of carbonyl (C=O) groups is 2. The van der Waals surface area contributed by atoms with Crippen LogP contribution < -0.4 is 14.8 Å². The van der Waals surface area contributed by atoms with Gasteiger partial charge in [-0.25, -0.2) is 0 Å². The van der Waals surface area contributed by atoms with Crippen LogP contribution in [0.2, 0.25) is 0 Å². The molecule has 0 bridgehead atoms. The zero-order chi connectivity index (χ0) is 24.1. The van der Waals surface area contributed by atoms with Gasteiger partial charge in [-0.05, 0) is 44.4 Å². The number of carbonyl (C=O) groups excluding carboxylic acids is 2. The normalized spacial score (nSPS) is 19.9. The Morgan fingerprint density at radius 2 is 1.79 bits per heavy atom. The van der Waals surface area contributed by atoms with Gasteiger partial charge in [0.1, 0.15) is 17.3 Å². The number of ketones is 1. The Morgan fingerprint density at radius 1 is 1.06 bits per heavy atom. The summed E-state index contributed by atoms with van der Waals surface area (Å²) in [6.45, 7) is 4.56. The van der Waals surface area contributed by atoms with Gasteiger partial charge < -0.3 is 14.8 Å². The quantitative estimate of drug-likeness (QED) is 0.513. The smallest absolute Gasteiger partial charge is 0.254 e. The van der Waals surface area contributed by atoms with Crippen molar-refractivity contribution in [2.75, 3.05) is 19.0 Å². The summed E-state index contributed by atoms with van der Waals surface area (Å²) in [6, 6.07) is 15.1. The summed E-state index contributed by atoms with van der Waals surface area (Å²) in [5.41, 5.74) is 3.45. The summed E-state index contributed by atoms with van der Waals surface area (Å²) in [5.74, 6) is 0.239. The number of ether oxygens (including phenoxy) is 2. The van der Waals surface area contributed by atoms with E-state index in [2.05, 4.69) is 12.2 Å². The minimum absolute atomic E-state index is 0.133. The van der Waals surface area contributed by atoms with Gasteiger partial charge in [0.05, 0.1) is 25.3 Å². The molecule has 4 rings (SSSR count). The van der Waals surface area contributed by atoms with Crippen LogP contribution in [0.1, 0.15) is 57.4 Å². The Morgan fingerprint density at radius 3 is 2.56 bits per heavy atom. The second-order valence-corrected chi connectivity index (χ2v) is 8.77. The van der Waals surface area contributed by atoms with E-state index in [1.54, 1.807) is 19.2 Å². The van der Waals surface area contributed by atoms with Crippen molar-refractivity contribution in [1.29, 1.82) is 0 Å². The molecule has 1 saturated carbocycles. The van der Waals surface area contributed by atoms with Crippen molar-refractivity contribution in [2.45, 2.75) is 51.9 Å². The standard InChI is InChI=1S/C28H32N2O4/c1-4-5-17-34-23-15-8-6-11-19(23)26-25(18(2)29-21-13-10-14-22(31)27(21)26)28(32)30-20-12-7-9-16-24(20)33-3/h6-9,11-12,15-16,26-27H,4-5,10,13-14,17H2,1-3H3,(H,30,32)/t26-,27?/m1/s1. The highest BCUT2D eigenvalue weighted by molar-refractivity contribution is 6.14. The Hall–Kier alpha value is -3.41. The maximum Gasteiger partial charge on any atom is 0.254 e. The Labute approximate surface area is 201 Å². The first kappa shape index (κ1) is 23.7. The van der Waals surface area contributed by atoms with E-state index in [1.807, 2.05) is 43.3 Å². The third-order valence-electron chi connectivity index (χ3n) is 6.52. The number of benzene rings is 2. The van der Waals surface area contributed by atoms with Gasteiger partial charge in [0.2, 0.25) is 0 Å². The molecule has 1 N–H and O–H groups in total. The van der Waals surface area contributed by atoms with Gasteiger partial charge in [0.25, 0.3) is 5.91 Å². The third-order valence-corrected chi connectivity index (χ3v) is 6.52. The highest BCUT2D eigenvalue weighted by Crippen LogP contribution is 2.46. The molecule has 2 aromatic rings. The van der Waals surface area contributed by atoms with E-state index in [4.69, 9.17) is 14.5 Å². The Bertz CT molecular complexity index is 1130. The number of para-hydroxylation sites is 3. The summed E-state index contributed by atoms with van der Waals surface area (Å²) in [6.07, 6.45) is 4.02. The monoisotopic (exact) mass is 460 g/mol. The molecule has 1 aliphatic heterocycles. The van der Waals surface area contributed by atoms with Gasteiger partial charge in [-0.1, -0.05) is 43.7 Å². The molecule has 6 nitrogen and oxygen atoms in total. The molecular weight excluding hydrogens is 428 g/mol. The fraction of sp³-hybridized carbons (Fsp3) is 0.393. The molecule has 0 saturated heterocycles. The first-order valence-electron chi connectivity index (χ1n) is 12.0. The molecular formula is C28H32N2O4. The highest BCUT2D eigenvalue weighted by Gasteiger charge is 2.44. The van der Waals surface area contributed by atoms with Gasteiger partial charge in [-0.15, -0.1) is 0 Å². The topological polar surface area (TPSA) is 77.0 Å². The molecule has 1 heterocycles. The number of rotatable bonds is 8. The van der Waals surface area contributed by atoms with Crippen molar-refractivity contribution in [3.63, 3.8) is 0 Å². The first-order chi connectivity index (χ1) is 16.5. The van der Waals surface area contributed by atoms with E-state index in [9.17, 15) is 9.59 Å². The molecule has 1 unspecified atom stereocenters. The number of nitrogens with zero attached hydrogens (tertiary/aromatic N) is 1. The second kappa shape index (κ2) is 10.7. The lowest BCUT2D eigenvalue weighted by atomic mass is 9.69. The fourth-order valence-electron chi connectivity index (χ4n) is 4.89. The number of anilines is 1. The fourth-order valence-corrected chi connectivity index (χ4v) is 4.89. The first-order valence-corrected chi connectivity index (χ1v) is 12.0. The molecule has 1 aliphatic carbocycles. The zero-order valence-corrected chi connectivity index (χ0v) is 20.1. The van der Waals surface area contributed by atoms with E-state index in [0.29, 0.717) is 35.7 Å². The summed E-state index contributed by atoms with van der Waals surface area (Å²) in [7, 11) is 1.57. The zero-order valence-electron chi connectivity index (χ0n) is 20.1. The van der Waals surface area contributed by atoms with Crippen molar-refractivity contribution in [3.8, 4) is 11.5 Å². The summed E-state index contributed by atoms with van der Waals surface area (Å²) >= 11 is 0. The van der Waals surface area contributed by atoms with Gasteiger partial charge in [-0.3, -0.25) is 14.6 Å². The van der Waals surface area contributed by atoms with Crippen molar-refractivity contribution in [2.24, 2.45) is 10.9 Å². The molecule has 2 atom stereocenters. The maximum atomic E-state index is 13.7. The largest absolute Gasteiger partial charge is 0.495 e. The predicted molar refractivity (Wildman–Crippen MR) is 134 cm³/mol. The van der Waals surface area contributed by atoms with Crippen LogP contribution in [0.15, 0.2) is 64.8 Å². The van der Waals surface area contributed by atoms with Crippen LogP contribution in [-0.2, 0) is 9.59 Å². The number of allylic oxidation sites excluding steroid dienone is 1. The number of nitrogens with one attached hydrogen (secondary N) is 1. The van der Waals surface area contributed by atoms with Gasteiger partial charge in [0, 0.05) is 34.9 Å². The number of hydrogen-bond donors (Lipinski definition) is 1. The molecule has 6 heteroatoms. The van der Waals surface area contributed by atoms with Crippen molar-refractivity contribution in [1.82, 2.24) is 0 Å². The van der Waals surface area contributed by atoms with Crippen LogP contribution in [0.5, 0.6) is 11.5 Å². The molecule has 0 aromatic heterocycles. The number of methoxy groups -OCH3 is 1. The van der Waals surface area contributed by atoms with Crippen LogP contribution in [0.3, 0.4) is 0 Å². The number of unbranched alkanes of at least 4 members (excludes halogenated alkanes) is 1. The lowest BCUT2D eigenvalue weighted by Crippen LogP contribution is -2.39. The van der Waals surface area contributed by atoms with E-state index in [1.165, 1.54) is 0 Å². The van der Waals surface area contributed by atoms with Crippen LogP contribution in [0, 0.1) is 5.92 Å². The van der Waals surface area contributed by atoms with Gasteiger partial charge >= 0.3 is 0 Å². The average molecular weight is 461 g/mol. The maximum absolute atomic E-state index is 13.7. The predicted octanol–water partition coefficient (Wildman–Crippen LogP) is 5.69. The van der Waals surface area contributed by atoms with Crippen LogP contribution in [0.25, 0.3) is 0 Å². The van der Waals surface area contributed by atoms with E-state index >= 15 is 0 Å². The molecule has 2 aliphatic rings. The minimum atomic E-state index is -0.452. The van der Waals surface area contributed by atoms with Gasteiger partial charge in [-0.2, -0.15) is 0 Å². The molecule has 0 spiro atoms. The van der Waals surface area contributed by atoms with Gasteiger partial charge in [0.15, 0.2) is 0 Å². The molecule has 1 fully saturated rings. The second-order valence-electron chi connectivity index (χ2n) is 8.77. The van der Waals surface area contributed by atoms with Crippen LogP contribution >= 0.6 is 0 Å². The van der Waals surface area contributed by atoms with Crippen molar-refractivity contribution >= 4 is 23.1 Å². The van der Waals surface area contributed by atoms with Crippen LogP contribution in [0.4, 0.5) is 5.69 Å². The Balaban J connectivity index is 1.79. The van der Waals surface area contributed by atoms with Crippen LogP contribution in [-0.4, -0.2) is 31.1 Å². The number of Topliss-reactive ketones (excluding diaryl/α,β-unsaturated/α-hetero) is 1. The lowest BCUT2D eigenvalue weighted by Gasteiger charge is -2.36. The average Bonchev–Trinajstić information content (AvgIpc) is 2.84. The molecule has 34 heavy (non-hydrogen) atoms. The van der Waals surface area contributed by atoms with E-state index in [0.717, 1.165) is 42.7 Å². The molecule has 178 valence electrons. The minimum Gasteiger partial charge on any atom is -0.495 e. The lowest BCUT2D eigenvalue weighted by molar-refractivity contribution is -0.122. The molecule has 2 aromatic carbocycles. The Kier molecular flexibility index (Phi) is 7.46. The summed E-state index contributed by atoms with van der Waals surface area (Å²) in [4.78, 5) is 31.7. The number of aliphatic imine (C=N–C) groups is 1. The third kappa shape index (κ3) is 4.76. The number of amides is 1. The number of fused-ring (bicyclic) bond motifs is 1. The van der Waals surface area contributed by atoms with E-state index < -0.39 is 11.8 Å². The molecule has 1 amide bonds. The molecule has 0 radical (unpaired) electrons. The van der Waals surface area contributed by atoms with Crippen molar-refractivity contribution < 1.29 is 19.1 Å². The summed E-state index contributed by atoms with van der Waals surface area (Å²) < 4.78 is 11.6. The summed E-state index contributed by atoms with van der Waals surface area (Å²) in [5, 5.41) is 3.00. The highest BCUT2D eigenvalue weighted by atomic mass is 16.5. The van der Waals surface area contributed by atoms with Crippen molar-refractivity contribution in [3.05, 3.63) is 65.4 Å². The van der Waals surface area contributed by atoms with E-state index in [-0.39, 0.29) is 11.7 Å². The number of hydrogen-bond acceptors (Lipinski definition) is 5.